The molecule has 0 aliphatic rings. The first-order valence-corrected chi connectivity index (χ1v) is 13.6. The fourth-order valence-electron chi connectivity index (χ4n) is 4.22. The molecule has 0 bridgehead atoms. The summed E-state index contributed by atoms with van der Waals surface area (Å²) in [6, 6.07) is 12.4. The molecule has 0 aliphatic carbocycles. The average Bonchev–Trinajstić information content (AvgIpc) is 2.61. The number of benzene rings is 2. The van der Waals surface area contributed by atoms with Crippen LogP contribution in [0.1, 0.15) is 123 Å². The number of phosphoric ester groups is 1. The van der Waals surface area contributed by atoms with Crippen molar-refractivity contribution in [3.63, 3.8) is 0 Å². The molecule has 4 nitrogen and oxygen atoms in total. The molecule has 0 aromatic heterocycles. The van der Waals surface area contributed by atoms with Crippen LogP contribution in [0.4, 0.5) is 0 Å². The third-order valence-corrected chi connectivity index (χ3v) is 6.75. The van der Waals surface area contributed by atoms with Gasteiger partial charge in [-0.15, -0.1) is 0 Å². The molecule has 6 heteroatoms. The molecule has 2 N–H and O–H groups in total. The predicted molar refractivity (Wildman–Crippen MR) is 150 cm³/mol. The summed E-state index contributed by atoms with van der Waals surface area (Å²) in [6.07, 6.45) is -0.896. The summed E-state index contributed by atoms with van der Waals surface area (Å²) in [6.45, 7) is 25.8. The monoisotopic (exact) mass is 512 g/mol. The Bertz CT molecular complexity index is 998. The normalized spacial score (nSPS) is 13.7. The Balaban J connectivity index is 0.00000612. The molecule has 2 aromatic rings. The zero-order valence-corrected chi connectivity index (χ0v) is 24.1. The van der Waals surface area contributed by atoms with E-state index < -0.39 is 13.9 Å². The average molecular weight is 513 g/mol. The van der Waals surface area contributed by atoms with Crippen molar-refractivity contribution in [2.24, 2.45) is 0 Å². The Morgan fingerprint density at radius 1 is 0.629 bits per heavy atom. The van der Waals surface area contributed by atoms with E-state index in [1.54, 1.807) is 0 Å². The quantitative estimate of drug-likeness (QED) is 0.330. The topological polar surface area (TPSA) is 66.8 Å². The molecule has 35 heavy (non-hydrogen) atoms. The van der Waals surface area contributed by atoms with Crippen LogP contribution in [0.25, 0.3) is 0 Å². The van der Waals surface area contributed by atoms with Crippen LogP contribution in [-0.2, 0) is 30.7 Å². The van der Waals surface area contributed by atoms with Crippen LogP contribution in [0, 0.1) is 0 Å². The van der Waals surface area contributed by atoms with Gasteiger partial charge in [-0.1, -0.05) is 119 Å². The minimum absolute atomic E-state index is 0. The van der Waals surface area contributed by atoms with Crippen molar-refractivity contribution in [2.45, 2.75) is 111 Å². The van der Waals surface area contributed by atoms with E-state index in [2.05, 4.69) is 107 Å². The first kappa shape index (κ1) is 32.6. The van der Waals surface area contributed by atoms with Gasteiger partial charge >= 0.3 is 37.4 Å². The molecule has 0 atom stereocenters. The van der Waals surface area contributed by atoms with Gasteiger partial charge in [-0.2, -0.15) is 0 Å². The maximum absolute atomic E-state index is 12.2. The van der Waals surface area contributed by atoms with Crippen LogP contribution < -0.4 is 0 Å². The van der Waals surface area contributed by atoms with E-state index in [4.69, 9.17) is 4.52 Å². The van der Waals surface area contributed by atoms with Crippen LogP contribution in [0.5, 0.6) is 0 Å². The third-order valence-electron chi connectivity index (χ3n) is 6.26. The number of hydrogen-bond acceptors (Lipinski definition) is 2. The van der Waals surface area contributed by atoms with Gasteiger partial charge in [-0.25, -0.2) is 4.57 Å². The van der Waals surface area contributed by atoms with E-state index in [1.165, 1.54) is 11.1 Å². The summed E-state index contributed by atoms with van der Waals surface area (Å²) >= 11 is 0. The molecular weight excluding hydrogens is 466 g/mol. The number of rotatable bonds is 4. The van der Waals surface area contributed by atoms with Gasteiger partial charge in [-0.05, 0) is 55.0 Å². The molecule has 0 aliphatic heterocycles. The van der Waals surface area contributed by atoms with Gasteiger partial charge in [0.1, 0.15) is 6.10 Å². The molecule has 0 unspecified atom stereocenters. The Kier molecular flexibility index (Phi) is 9.99. The summed E-state index contributed by atoms with van der Waals surface area (Å²) in [5, 5.41) is 0. The van der Waals surface area contributed by atoms with Crippen LogP contribution >= 0.6 is 7.82 Å². The Morgan fingerprint density at radius 2 is 0.943 bits per heavy atom. The van der Waals surface area contributed by atoms with Crippen molar-refractivity contribution in [1.82, 2.24) is 0 Å². The van der Waals surface area contributed by atoms with Crippen molar-refractivity contribution in [1.29, 1.82) is 0 Å². The molecule has 0 heterocycles. The first-order valence-electron chi connectivity index (χ1n) is 12.1. The van der Waals surface area contributed by atoms with Crippen molar-refractivity contribution in [3.05, 3.63) is 69.8 Å². The fraction of sp³-hybridized carbons (Fsp3) is 0.586. The maximum atomic E-state index is 12.2. The standard InChI is InChI=1S/C29H45O4P.Na.H/c1-26(2,3)19-13-15-21(23(17-19)28(7,8)9)25(33-34(30,31)32)22-16-14-20(27(4,5)6)18-24(22)29(10,11)12;;/h13-18,25H,1-12H3,(H2,30,31,32);;. The third kappa shape index (κ3) is 8.54. The van der Waals surface area contributed by atoms with E-state index in [1.807, 2.05) is 12.1 Å². The second-order valence-electron chi connectivity index (χ2n) is 13.6. The van der Waals surface area contributed by atoms with Crippen LogP contribution in [-0.4, -0.2) is 39.3 Å². The summed E-state index contributed by atoms with van der Waals surface area (Å²) in [7, 11) is -4.79. The van der Waals surface area contributed by atoms with Crippen LogP contribution in [0.3, 0.4) is 0 Å². The van der Waals surface area contributed by atoms with Gasteiger partial charge in [0.25, 0.3) is 0 Å². The zero-order valence-electron chi connectivity index (χ0n) is 23.2. The predicted octanol–water partition coefficient (Wildman–Crippen LogP) is 7.43. The second-order valence-corrected chi connectivity index (χ2v) is 14.8. The SMILES string of the molecule is CC(C)(C)c1ccc(C(OP(=O)(O)O)c2ccc(C(C)(C)C)cc2C(C)(C)C)c(C(C)(C)C)c1.[NaH]. The second kappa shape index (κ2) is 10.7. The molecule has 2 aromatic carbocycles. The van der Waals surface area contributed by atoms with Crippen molar-refractivity contribution < 1.29 is 18.9 Å². The van der Waals surface area contributed by atoms with E-state index in [9.17, 15) is 14.4 Å². The molecular formula is C29H46NaO4P. The summed E-state index contributed by atoms with van der Waals surface area (Å²) in [4.78, 5) is 19.9. The van der Waals surface area contributed by atoms with E-state index in [-0.39, 0.29) is 51.2 Å². The molecule has 2 rings (SSSR count). The van der Waals surface area contributed by atoms with Crippen LogP contribution in [0.15, 0.2) is 36.4 Å². The number of phosphoric acid groups is 1. The van der Waals surface area contributed by atoms with Gasteiger partial charge in [0.2, 0.25) is 0 Å². The summed E-state index contributed by atoms with van der Waals surface area (Å²) < 4.78 is 17.8. The molecule has 0 saturated carbocycles. The molecule has 0 amide bonds. The van der Waals surface area contributed by atoms with Gasteiger partial charge < -0.3 is 9.79 Å². The molecule has 0 saturated heterocycles. The van der Waals surface area contributed by atoms with Crippen LogP contribution in [0.2, 0.25) is 0 Å². The summed E-state index contributed by atoms with van der Waals surface area (Å²) in [5.74, 6) is 0. The van der Waals surface area contributed by atoms with E-state index in [0.717, 1.165) is 22.3 Å². The number of hydrogen-bond donors (Lipinski definition) is 2. The van der Waals surface area contributed by atoms with Gasteiger partial charge in [0, 0.05) is 0 Å². The fourth-order valence-corrected chi connectivity index (χ4v) is 4.72. The minimum atomic E-state index is -4.79. The summed E-state index contributed by atoms with van der Waals surface area (Å²) in [5.41, 5.74) is 5.38. The van der Waals surface area contributed by atoms with E-state index in [0.29, 0.717) is 0 Å². The Morgan fingerprint density at radius 3 is 1.17 bits per heavy atom. The zero-order chi connectivity index (χ0) is 26.5. The Hall–Kier alpha value is -0.450. The van der Waals surface area contributed by atoms with Gasteiger partial charge in [0.15, 0.2) is 0 Å². The van der Waals surface area contributed by atoms with Crippen molar-refractivity contribution in [3.8, 4) is 0 Å². The molecule has 0 radical (unpaired) electrons. The Labute approximate surface area is 235 Å². The molecule has 0 fully saturated rings. The molecule has 0 spiro atoms. The van der Waals surface area contributed by atoms with Crippen molar-refractivity contribution in [2.75, 3.05) is 0 Å². The van der Waals surface area contributed by atoms with Crippen molar-refractivity contribution >= 4 is 37.4 Å². The van der Waals surface area contributed by atoms with Gasteiger partial charge in [0.05, 0.1) is 0 Å². The first-order chi connectivity index (χ1) is 15.0. The van der Waals surface area contributed by atoms with E-state index >= 15 is 0 Å². The molecule has 192 valence electrons. The van der Waals surface area contributed by atoms with Gasteiger partial charge in [-0.3, -0.25) is 4.52 Å².